The Morgan fingerprint density at radius 2 is 1.40 bits per heavy atom. The van der Waals surface area contributed by atoms with Crippen molar-refractivity contribution in [1.29, 1.82) is 0 Å². The van der Waals surface area contributed by atoms with Crippen LogP contribution in [0, 0.1) is 9.86 Å². The predicted octanol–water partition coefficient (Wildman–Crippen LogP) is 6.99. The van der Waals surface area contributed by atoms with E-state index in [4.69, 9.17) is 4.74 Å². The van der Waals surface area contributed by atoms with Crippen molar-refractivity contribution in [3.8, 4) is 9.86 Å². The summed E-state index contributed by atoms with van der Waals surface area (Å²) in [5, 5.41) is 0. The van der Waals surface area contributed by atoms with Crippen LogP contribution in [0.1, 0.15) is 71.3 Å². The molecule has 0 fully saturated rings. The van der Waals surface area contributed by atoms with E-state index in [1.54, 1.807) is 0 Å². The van der Waals surface area contributed by atoms with Gasteiger partial charge in [-0.25, -0.2) is 0 Å². The molecule has 140 valence electrons. The molecule has 0 aromatic heterocycles. The van der Waals surface area contributed by atoms with Crippen molar-refractivity contribution < 1.29 is 4.74 Å². The van der Waals surface area contributed by atoms with Gasteiger partial charge in [0.05, 0.1) is 0 Å². The molecule has 1 rings (SSSR count). The first kappa shape index (κ1) is 22.6. The Labute approximate surface area is 160 Å². The van der Waals surface area contributed by atoms with Crippen molar-refractivity contribution in [3.05, 3.63) is 35.9 Å². The Balaban J connectivity index is 2.51. The minimum atomic E-state index is -2.24. The van der Waals surface area contributed by atoms with Crippen molar-refractivity contribution in [3.63, 3.8) is 0 Å². The van der Waals surface area contributed by atoms with Crippen LogP contribution in [-0.4, -0.2) is 25.0 Å². The van der Waals surface area contributed by atoms with Gasteiger partial charge < -0.3 is 0 Å². The summed E-state index contributed by atoms with van der Waals surface area (Å²) in [6.07, 6.45) is 9.03. The fourth-order valence-electron chi connectivity index (χ4n) is 3.25. The number of hydrogen-bond acceptors (Lipinski definition) is 1. The fraction of sp³-hybridized carbons (Fsp3) is 0.652. The van der Waals surface area contributed by atoms with Crippen LogP contribution in [0.3, 0.4) is 0 Å². The molecule has 0 amide bonds. The zero-order valence-electron chi connectivity index (χ0n) is 16.8. The van der Waals surface area contributed by atoms with Gasteiger partial charge in [-0.2, -0.15) is 0 Å². The second-order valence-electron chi connectivity index (χ2n) is 7.18. The normalized spacial score (nSPS) is 11.2. The molecule has 1 aromatic carbocycles. The number of rotatable bonds is 13. The maximum absolute atomic E-state index is 5.80. The second-order valence-corrected chi connectivity index (χ2v) is 19.5. The molecule has 25 heavy (non-hydrogen) atoms. The summed E-state index contributed by atoms with van der Waals surface area (Å²) in [6, 6.07) is 10.4. The first-order valence-corrected chi connectivity index (χ1v) is 17.9. The molecule has 2 heteroatoms. The molecule has 1 aromatic rings. The van der Waals surface area contributed by atoms with Gasteiger partial charge in [-0.3, -0.25) is 0 Å². The van der Waals surface area contributed by atoms with E-state index >= 15 is 0 Å². The number of unbranched alkanes of at least 4 members (excludes halogenated alkanes) is 3. The SMILES string of the molecule is CCC[CH2][Sn]([C]#CCCOCc1ccccc1)([CH2]CCC)[CH2]CCC. The molecule has 0 aliphatic rings. The molecule has 1 nitrogen and oxygen atoms in total. The molecule has 0 radical (unpaired) electrons. The molecule has 0 N–H and O–H groups in total. The van der Waals surface area contributed by atoms with E-state index in [1.165, 1.54) is 57.4 Å². The quantitative estimate of drug-likeness (QED) is 0.179. The van der Waals surface area contributed by atoms with E-state index in [1.807, 2.05) is 6.07 Å². The average Bonchev–Trinajstić information content (AvgIpc) is 2.66. The molecule has 0 spiro atoms. The van der Waals surface area contributed by atoms with Gasteiger partial charge in [0, 0.05) is 0 Å². The van der Waals surface area contributed by atoms with Crippen LogP contribution in [0.15, 0.2) is 30.3 Å². The van der Waals surface area contributed by atoms with Crippen LogP contribution in [0.25, 0.3) is 0 Å². The first-order valence-electron chi connectivity index (χ1n) is 10.4. The van der Waals surface area contributed by atoms with E-state index in [0.717, 1.165) is 13.0 Å². The predicted molar refractivity (Wildman–Crippen MR) is 113 cm³/mol. The van der Waals surface area contributed by atoms with Crippen LogP contribution >= 0.6 is 0 Å². The molecule has 0 atom stereocenters. The van der Waals surface area contributed by atoms with Gasteiger partial charge in [-0.05, 0) is 0 Å². The monoisotopic (exact) mass is 450 g/mol. The van der Waals surface area contributed by atoms with Crippen molar-refractivity contribution in [2.75, 3.05) is 6.61 Å². The molecule has 0 aliphatic heterocycles. The Kier molecular flexibility index (Phi) is 13.3. The molecule has 0 saturated heterocycles. The second kappa shape index (κ2) is 14.7. The van der Waals surface area contributed by atoms with Crippen molar-refractivity contribution >= 4 is 18.4 Å². The topological polar surface area (TPSA) is 9.23 Å². The van der Waals surface area contributed by atoms with Crippen LogP contribution in [0.5, 0.6) is 0 Å². The van der Waals surface area contributed by atoms with E-state index < -0.39 is 18.4 Å². The minimum absolute atomic E-state index is 0.707. The molecule has 0 heterocycles. The summed E-state index contributed by atoms with van der Waals surface area (Å²) in [7, 11) is 0. The van der Waals surface area contributed by atoms with Crippen LogP contribution in [0.4, 0.5) is 0 Å². The zero-order valence-corrected chi connectivity index (χ0v) is 19.6. The molecular formula is C23H38OSn. The third-order valence-electron chi connectivity index (χ3n) is 4.86. The summed E-state index contributed by atoms with van der Waals surface area (Å²) in [6.45, 7) is 8.43. The van der Waals surface area contributed by atoms with E-state index in [-0.39, 0.29) is 0 Å². The van der Waals surface area contributed by atoms with Gasteiger partial charge in [0.2, 0.25) is 0 Å². The van der Waals surface area contributed by atoms with Crippen molar-refractivity contribution in [1.82, 2.24) is 0 Å². The number of ether oxygens (including phenoxy) is 1. The summed E-state index contributed by atoms with van der Waals surface area (Å²) in [5.41, 5.74) is 1.25. The number of benzene rings is 1. The third-order valence-corrected chi connectivity index (χ3v) is 18.1. The summed E-state index contributed by atoms with van der Waals surface area (Å²) >= 11 is -2.24. The Morgan fingerprint density at radius 1 is 0.840 bits per heavy atom. The summed E-state index contributed by atoms with van der Waals surface area (Å²) in [4.78, 5) is 0. The molecule has 0 aliphatic carbocycles. The zero-order chi connectivity index (χ0) is 18.2. The number of hydrogen-bond donors (Lipinski definition) is 0. The summed E-state index contributed by atoms with van der Waals surface area (Å²) in [5.74, 6) is 3.56. The molecular weight excluding hydrogens is 411 g/mol. The van der Waals surface area contributed by atoms with Crippen molar-refractivity contribution in [2.45, 2.75) is 85.6 Å². The molecule has 0 saturated carbocycles. The van der Waals surface area contributed by atoms with Gasteiger partial charge in [-0.15, -0.1) is 0 Å². The van der Waals surface area contributed by atoms with Crippen molar-refractivity contribution in [2.24, 2.45) is 0 Å². The molecule has 0 bridgehead atoms. The van der Waals surface area contributed by atoms with E-state index in [9.17, 15) is 0 Å². The van der Waals surface area contributed by atoms with Crippen LogP contribution in [0.2, 0.25) is 13.3 Å². The standard InChI is InChI=1S/C11H11O.3C4H9.Sn/c1-2-3-9-12-10-11-7-5-4-6-8-11;3*1-3-4-2;/h4-8H,3,9-10H2;3*1,3-4H2,2H3;. The van der Waals surface area contributed by atoms with Gasteiger partial charge in [0.25, 0.3) is 0 Å². The first-order chi connectivity index (χ1) is 12.3. The fourth-order valence-corrected chi connectivity index (χ4v) is 16.7. The third kappa shape index (κ3) is 10.3. The van der Waals surface area contributed by atoms with Gasteiger partial charge in [0.1, 0.15) is 0 Å². The van der Waals surface area contributed by atoms with Gasteiger partial charge in [0.15, 0.2) is 0 Å². The van der Waals surface area contributed by atoms with Crippen LogP contribution < -0.4 is 0 Å². The Bertz CT molecular complexity index is 464. The molecule has 0 unspecified atom stereocenters. The maximum atomic E-state index is 5.80. The Morgan fingerprint density at radius 3 is 1.92 bits per heavy atom. The van der Waals surface area contributed by atoms with Crippen LogP contribution in [-0.2, 0) is 11.3 Å². The van der Waals surface area contributed by atoms with E-state index in [2.05, 4.69) is 54.9 Å². The van der Waals surface area contributed by atoms with E-state index in [0.29, 0.717) is 6.61 Å². The van der Waals surface area contributed by atoms with Gasteiger partial charge in [-0.1, -0.05) is 0 Å². The van der Waals surface area contributed by atoms with Gasteiger partial charge >= 0.3 is 161 Å². The summed E-state index contributed by atoms with van der Waals surface area (Å²) < 4.78 is 14.1. The average molecular weight is 449 g/mol. The Hall–Kier alpha value is -0.461.